The van der Waals surface area contributed by atoms with Crippen molar-refractivity contribution in [3.63, 3.8) is 0 Å². The molecule has 0 aliphatic carbocycles. The van der Waals surface area contributed by atoms with Crippen LogP contribution in [0.4, 0.5) is 11.8 Å². The number of rotatable bonds is 5. The molecule has 2 heterocycles. The van der Waals surface area contributed by atoms with Gasteiger partial charge in [0.05, 0.1) is 12.2 Å². The van der Waals surface area contributed by atoms with Crippen LogP contribution in [0.15, 0.2) is 24.4 Å². The van der Waals surface area contributed by atoms with Crippen LogP contribution in [-0.2, 0) is 6.54 Å². The molecule has 2 aromatic rings. The number of aryl methyl sites for hydroxylation is 2. The second-order valence-electron chi connectivity index (χ2n) is 4.86. The first-order valence-corrected chi connectivity index (χ1v) is 6.81. The predicted octanol–water partition coefficient (Wildman–Crippen LogP) is 2.56. The Morgan fingerprint density at radius 2 is 2.00 bits per heavy atom. The normalized spacial score (nSPS) is 10.4. The highest BCUT2D eigenvalue weighted by Crippen LogP contribution is 2.18. The minimum Gasteiger partial charge on any atom is -0.354 e. The van der Waals surface area contributed by atoms with Gasteiger partial charge < -0.3 is 10.2 Å². The summed E-state index contributed by atoms with van der Waals surface area (Å²) in [5.74, 6) is 1.59. The van der Waals surface area contributed by atoms with Gasteiger partial charge in [0.25, 0.3) is 0 Å². The zero-order valence-electron chi connectivity index (χ0n) is 12.5. The number of hydrogen-bond donors (Lipinski definition) is 1. The van der Waals surface area contributed by atoms with Gasteiger partial charge in [0.1, 0.15) is 5.82 Å². The Balaban J connectivity index is 2.19. The van der Waals surface area contributed by atoms with Gasteiger partial charge >= 0.3 is 0 Å². The molecule has 0 radical (unpaired) electrons. The third-order valence-electron chi connectivity index (χ3n) is 2.99. The van der Waals surface area contributed by atoms with E-state index in [4.69, 9.17) is 0 Å². The molecule has 0 spiro atoms. The number of aromatic nitrogens is 3. The standard InChI is InChI=1S/C15H21N5/c1-5-16-15-17-9-11(2)14(19-15)20(4)10-13-8-6-7-12(3)18-13/h6-9H,5,10H2,1-4H3,(H,16,17,19). The maximum Gasteiger partial charge on any atom is 0.224 e. The van der Waals surface area contributed by atoms with Crippen LogP contribution in [-0.4, -0.2) is 28.5 Å². The molecule has 0 bridgehead atoms. The summed E-state index contributed by atoms with van der Waals surface area (Å²) in [6.07, 6.45) is 1.85. The summed E-state index contributed by atoms with van der Waals surface area (Å²) < 4.78 is 0. The van der Waals surface area contributed by atoms with Crippen molar-refractivity contribution in [1.29, 1.82) is 0 Å². The lowest BCUT2D eigenvalue weighted by Gasteiger charge is -2.20. The molecule has 106 valence electrons. The zero-order chi connectivity index (χ0) is 14.5. The smallest absolute Gasteiger partial charge is 0.224 e. The quantitative estimate of drug-likeness (QED) is 0.905. The lowest BCUT2D eigenvalue weighted by atomic mass is 10.2. The molecule has 5 heteroatoms. The average molecular weight is 271 g/mol. The van der Waals surface area contributed by atoms with E-state index in [2.05, 4.69) is 25.2 Å². The minimum absolute atomic E-state index is 0.664. The lowest BCUT2D eigenvalue weighted by Crippen LogP contribution is -2.20. The van der Waals surface area contributed by atoms with Gasteiger partial charge in [-0.25, -0.2) is 4.98 Å². The highest BCUT2D eigenvalue weighted by atomic mass is 15.2. The largest absolute Gasteiger partial charge is 0.354 e. The molecule has 0 amide bonds. The van der Waals surface area contributed by atoms with E-state index in [1.54, 1.807) is 0 Å². The first-order chi connectivity index (χ1) is 9.60. The highest BCUT2D eigenvalue weighted by Gasteiger charge is 2.10. The molecule has 0 fully saturated rings. The van der Waals surface area contributed by atoms with Crippen molar-refractivity contribution < 1.29 is 0 Å². The third kappa shape index (κ3) is 3.44. The summed E-state index contributed by atoms with van der Waals surface area (Å²) in [7, 11) is 2.02. The van der Waals surface area contributed by atoms with Crippen molar-refractivity contribution in [2.24, 2.45) is 0 Å². The molecule has 0 unspecified atom stereocenters. The van der Waals surface area contributed by atoms with Gasteiger partial charge in [-0.15, -0.1) is 0 Å². The van der Waals surface area contributed by atoms with E-state index in [0.717, 1.165) is 35.9 Å². The molecule has 0 aliphatic heterocycles. The lowest BCUT2D eigenvalue weighted by molar-refractivity contribution is 0.848. The molecule has 5 nitrogen and oxygen atoms in total. The molecular weight excluding hydrogens is 250 g/mol. The van der Waals surface area contributed by atoms with E-state index < -0.39 is 0 Å². The molecule has 0 atom stereocenters. The number of pyridine rings is 1. The van der Waals surface area contributed by atoms with Crippen molar-refractivity contribution in [3.05, 3.63) is 41.3 Å². The Bertz CT molecular complexity index is 582. The van der Waals surface area contributed by atoms with E-state index in [1.807, 2.05) is 52.2 Å². The van der Waals surface area contributed by atoms with Gasteiger partial charge in [-0.3, -0.25) is 4.98 Å². The van der Waals surface area contributed by atoms with Crippen molar-refractivity contribution >= 4 is 11.8 Å². The van der Waals surface area contributed by atoms with Gasteiger partial charge in [0.2, 0.25) is 5.95 Å². The number of anilines is 2. The van der Waals surface area contributed by atoms with Gasteiger partial charge in [-0.1, -0.05) is 6.07 Å². The molecule has 0 aliphatic rings. The minimum atomic E-state index is 0.664. The van der Waals surface area contributed by atoms with Crippen LogP contribution in [0.25, 0.3) is 0 Å². The maximum absolute atomic E-state index is 4.56. The second-order valence-corrected chi connectivity index (χ2v) is 4.86. The average Bonchev–Trinajstić information content (AvgIpc) is 2.41. The van der Waals surface area contributed by atoms with Gasteiger partial charge in [0, 0.05) is 31.0 Å². The summed E-state index contributed by atoms with van der Waals surface area (Å²) in [5, 5.41) is 3.14. The molecule has 0 saturated heterocycles. The van der Waals surface area contributed by atoms with Crippen molar-refractivity contribution in [2.75, 3.05) is 23.8 Å². The summed E-state index contributed by atoms with van der Waals surface area (Å²) >= 11 is 0. The summed E-state index contributed by atoms with van der Waals surface area (Å²) in [4.78, 5) is 15.4. The third-order valence-corrected chi connectivity index (χ3v) is 2.99. The first kappa shape index (κ1) is 14.2. The first-order valence-electron chi connectivity index (χ1n) is 6.81. The summed E-state index contributed by atoms with van der Waals surface area (Å²) in [5.41, 5.74) is 3.13. The fourth-order valence-electron chi connectivity index (χ4n) is 2.07. The number of nitrogens with one attached hydrogen (secondary N) is 1. The molecular formula is C15H21N5. The Kier molecular flexibility index (Phi) is 4.50. The topological polar surface area (TPSA) is 53.9 Å². The Labute approximate surface area is 120 Å². The van der Waals surface area contributed by atoms with Crippen molar-refractivity contribution in [2.45, 2.75) is 27.3 Å². The maximum atomic E-state index is 4.56. The van der Waals surface area contributed by atoms with Crippen molar-refractivity contribution in [3.8, 4) is 0 Å². The van der Waals surface area contributed by atoms with E-state index >= 15 is 0 Å². The van der Waals surface area contributed by atoms with Gasteiger partial charge in [-0.05, 0) is 32.9 Å². The molecule has 20 heavy (non-hydrogen) atoms. The monoisotopic (exact) mass is 271 g/mol. The van der Waals surface area contributed by atoms with E-state index in [9.17, 15) is 0 Å². The van der Waals surface area contributed by atoms with Crippen LogP contribution in [0.1, 0.15) is 23.9 Å². The fourth-order valence-corrected chi connectivity index (χ4v) is 2.07. The number of nitrogens with zero attached hydrogens (tertiary/aromatic N) is 4. The molecule has 1 N–H and O–H groups in total. The van der Waals surface area contributed by atoms with Crippen LogP contribution < -0.4 is 10.2 Å². The molecule has 0 aromatic carbocycles. The summed E-state index contributed by atoms with van der Waals surface area (Å²) in [6, 6.07) is 6.07. The Hall–Kier alpha value is -2.17. The fraction of sp³-hybridized carbons (Fsp3) is 0.400. The van der Waals surface area contributed by atoms with Crippen LogP contribution in [0, 0.1) is 13.8 Å². The van der Waals surface area contributed by atoms with Crippen LogP contribution in [0.3, 0.4) is 0 Å². The summed E-state index contributed by atoms with van der Waals surface area (Å²) in [6.45, 7) is 7.59. The predicted molar refractivity (Wildman–Crippen MR) is 82.0 cm³/mol. The number of hydrogen-bond acceptors (Lipinski definition) is 5. The molecule has 2 aromatic heterocycles. The second kappa shape index (κ2) is 6.32. The van der Waals surface area contributed by atoms with Crippen molar-refractivity contribution in [1.82, 2.24) is 15.0 Å². The zero-order valence-corrected chi connectivity index (χ0v) is 12.5. The van der Waals surface area contributed by atoms with Crippen LogP contribution >= 0.6 is 0 Å². The van der Waals surface area contributed by atoms with Crippen LogP contribution in [0.5, 0.6) is 0 Å². The van der Waals surface area contributed by atoms with Crippen LogP contribution in [0.2, 0.25) is 0 Å². The van der Waals surface area contributed by atoms with Gasteiger partial charge in [-0.2, -0.15) is 4.98 Å². The van der Waals surface area contributed by atoms with E-state index in [1.165, 1.54) is 0 Å². The van der Waals surface area contributed by atoms with E-state index in [-0.39, 0.29) is 0 Å². The molecule has 0 saturated carbocycles. The molecule has 2 rings (SSSR count). The Morgan fingerprint density at radius 1 is 1.20 bits per heavy atom. The Morgan fingerprint density at radius 3 is 2.70 bits per heavy atom. The SMILES string of the molecule is CCNc1ncc(C)c(N(C)Cc2cccc(C)n2)n1. The van der Waals surface area contributed by atoms with E-state index in [0.29, 0.717) is 5.95 Å². The highest BCUT2D eigenvalue weighted by molar-refractivity contribution is 5.48. The van der Waals surface area contributed by atoms with Gasteiger partial charge in [0.15, 0.2) is 0 Å².